The van der Waals surface area contributed by atoms with Gasteiger partial charge in [-0.3, -0.25) is 0 Å². The molecule has 16 heavy (non-hydrogen) atoms. The number of oxime groups is 1. The van der Waals surface area contributed by atoms with E-state index in [2.05, 4.69) is 11.7 Å². The highest BCUT2D eigenvalue weighted by Gasteiger charge is 2.07. The number of benzene rings is 1. The molecule has 0 bridgehead atoms. The third kappa shape index (κ3) is 2.76. The molecule has 0 radical (unpaired) electrons. The number of hydrogen-bond donors (Lipinski definition) is 1. The molecule has 1 aromatic carbocycles. The summed E-state index contributed by atoms with van der Waals surface area (Å²) in [6.07, 6.45) is 1.66. The van der Waals surface area contributed by atoms with Crippen molar-refractivity contribution in [2.75, 3.05) is 13.7 Å². The summed E-state index contributed by atoms with van der Waals surface area (Å²) in [5, 5.41) is 11.8. The second-order valence-corrected chi connectivity index (χ2v) is 3.15. The van der Waals surface area contributed by atoms with Crippen molar-refractivity contribution in [1.82, 2.24) is 0 Å². The van der Waals surface area contributed by atoms with Gasteiger partial charge < -0.3 is 14.7 Å². The van der Waals surface area contributed by atoms with Gasteiger partial charge in [-0.05, 0) is 25.1 Å². The standard InChI is InChI=1S/C12H15NO3/c1-4-7-16-11-6-5-10(9(2)13-14)8-12(11)15-3/h4-6,8,14H,1,7H2,2-3H3. The molecule has 0 unspecified atom stereocenters. The van der Waals surface area contributed by atoms with Crippen molar-refractivity contribution in [2.45, 2.75) is 6.92 Å². The van der Waals surface area contributed by atoms with E-state index in [1.165, 1.54) is 0 Å². The van der Waals surface area contributed by atoms with E-state index in [9.17, 15) is 0 Å². The Kier molecular flexibility index (Phi) is 4.39. The molecule has 86 valence electrons. The summed E-state index contributed by atoms with van der Waals surface area (Å²) in [6, 6.07) is 5.33. The van der Waals surface area contributed by atoms with Crippen LogP contribution < -0.4 is 9.47 Å². The van der Waals surface area contributed by atoms with Crippen molar-refractivity contribution in [1.29, 1.82) is 0 Å². The van der Waals surface area contributed by atoms with Gasteiger partial charge in [-0.2, -0.15) is 0 Å². The first-order valence-corrected chi connectivity index (χ1v) is 4.83. The van der Waals surface area contributed by atoms with E-state index >= 15 is 0 Å². The summed E-state index contributed by atoms with van der Waals surface area (Å²) in [5.74, 6) is 1.24. The monoisotopic (exact) mass is 221 g/mol. The Hall–Kier alpha value is -1.97. The lowest BCUT2D eigenvalue weighted by atomic mass is 10.1. The zero-order valence-electron chi connectivity index (χ0n) is 9.43. The van der Waals surface area contributed by atoms with E-state index in [1.54, 1.807) is 38.3 Å². The predicted molar refractivity (Wildman–Crippen MR) is 62.7 cm³/mol. The molecule has 0 fully saturated rings. The van der Waals surface area contributed by atoms with Gasteiger partial charge in [-0.1, -0.05) is 17.8 Å². The highest BCUT2D eigenvalue weighted by molar-refractivity contribution is 5.98. The molecule has 0 aliphatic carbocycles. The maximum atomic E-state index is 8.67. The Balaban J connectivity index is 3.01. The first kappa shape index (κ1) is 12.1. The second kappa shape index (κ2) is 5.80. The molecule has 0 atom stereocenters. The van der Waals surface area contributed by atoms with Crippen LogP contribution in [-0.4, -0.2) is 24.6 Å². The fourth-order valence-corrected chi connectivity index (χ4v) is 1.22. The Morgan fingerprint density at radius 2 is 2.25 bits per heavy atom. The molecule has 1 aromatic rings. The lowest BCUT2D eigenvalue weighted by Gasteiger charge is -2.10. The van der Waals surface area contributed by atoms with Crippen LogP contribution in [0.15, 0.2) is 36.0 Å². The third-order valence-electron chi connectivity index (χ3n) is 2.09. The highest BCUT2D eigenvalue weighted by Crippen LogP contribution is 2.28. The first-order chi connectivity index (χ1) is 7.72. The molecule has 0 heterocycles. The maximum Gasteiger partial charge on any atom is 0.161 e. The van der Waals surface area contributed by atoms with Gasteiger partial charge >= 0.3 is 0 Å². The zero-order chi connectivity index (χ0) is 12.0. The minimum Gasteiger partial charge on any atom is -0.493 e. The van der Waals surface area contributed by atoms with Gasteiger partial charge in [0.1, 0.15) is 6.61 Å². The third-order valence-corrected chi connectivity index (χ3v) is 2.09. The van der Waals surface area contributed by atoms with Crippen LogP contribution in [0.1, 0.15) is 12.5 Å². The van der Waals surface area contributed by atoms with Crippen molar-refractivity contribution in [3.05, 3.63) is 36.4 Å². The highest BCUT2D eigenvalue weighted by atomic mass is 16.5. The van der Waals surface area contributed by atoms with Crippen LogP contribution in [0.2, 0.25) is 0 Å². The van der Waals surface area contributed by atoms with Crippen molar-refractivity contribution < 1.29 is 14.7 Å². The van der Waals surface area contributed by atoms with Gasteiger partial charge in [0.25, 0.3) is 0 Å². The fourth-order valence-electron chi connectivity index (χ4n) is 1.22. The number of ether oxygens (including phenoxy) is 2. The lowest BCUT2D eigenvalue weighted by molar-refractivity contribution is 0.318. The van der Waals surface area contributed by atoms with Gasteiger partial charge in [0, 0.05) is 5.56 Å². The summed E-state index contributed by atoms with van der Waals surface area (Å²) >= 11 is 0. The van der Waals surface area contributed by atoms with Gasteiger partial charge in [0.15, 0.2) is 11.5 Å². The Morgan fingerprint density at radius 1 is 1.50 bits per heavy atom. The van der Waals surface area contributed by atoms with Crippen molar-refractivity contribution in [3.63, 3.8) is 0 Å². The molecule has 4 nitrogen and oxygen atoms in total. The molecule has 0 saturated carbocycles. The summed E-state index contributed by atoms with van der Waals surface area (Å²) in [4.78, 5) is 0. The minimum atomic E-state index is 0.419. The fraction of sp³-hybridized carbons (Fsp3) is 0.250. The number of rotatable bonds is 5. The summed E-state index contributed by atoms with van der Waals surface area (Å²) in [5.41, 5.74) is 1.30. The Morgan fingerprint density at radius 3 is 2.81 bits per heavy atom. The summed E-state index contributed by atoms with van der Waals surface area (Å²) in [6.45, 7) is 5.70. The van der Waals surface area contributed by atoms with E-state index in [1.807, 2.05) is 0 Å². The summed E-state index contributed by atoms with van der Waals surface area (Å²) < 4.78 is 10.6. The minimum absolute atomic E-state index is 0.419. The van der Waals surface area contributed by atoms with Gasteiger partial charge in [0.2, 0.25) is 0 Å². The molecule has 1 rings (SSSR count). The van der Waals surface area contributed by atoms with Crippen LogP contribution in [0.5, 0.6) is 11.5 Å². The van der Waals surface area contributed by atoms with Gasteiger partial charge in [0.05, 0.1) is 12.8 Å². The van der Waals surface area contributed by atoms with Crippen LogP contribution in [0.4, 0.5) is 0 Å². The van der Waals surface area contributed by atoms with E-state index in [4.69, 9.17) is 14.7 Å². The molecule has 1 N–H and O–H groups in total. The second-order valence-electron chi connectivity index (χ2n) is 3.15. The van der Waals surface area contributed by atoms with Crippen LogP contribution in [0, 0.1) is 0 Å². The van der Waals surface area contributed by atoms with Gasteiger partial charge in [-0.15, -0.1) is 0 Å². The van der Waals surface area contributed by atoms with Crippen LogP contribution in [0.25, 0.3) is 0 Å². The van der Waals surface area contributed by atoms with Crippen LogP contribution >= 0.6 is 0 Å². The molecule has 0 aliphatic heterocycles. The van der Waals surface area contributed by atoms with Crippen molar-refractivity contribution >= 4 is 5.71 Å². The SMILES string of the molecule is C=CCOc1ccc(C(C)=NO)cc1OC. The van der Waals surface area contributed by atoms with Crippen LogP contribution in [-0.2, 0) is 0 Å². The Labute approximate surface area is 94.8 Å². The van der Waals surface area contributed by atoms with Crippen molar-refractivity contribution in [2.24, 2.45) is 5.16 Å². The quantitative estimate of drug-likeness (QED) is 0.359. The molecular weight excluding hydrogens is 206 g/mol. The molecule has 0 amide bonds. The summed E-state index contributed by atoms with van der Waals surface area (Å²) in [7, 11) is 1.56. The topological polar surface area (TPSA) is 51.0 Å². The molecular formula is C12H15NO3. The number of hydrogen-bond acceptors (Lipinski definition) is 4. The van der Waals surface area contributed by atoms with Crippen molar-refractivity contribution in [3.8, 4) is 11.5 Å². The largest absolute Gasteiger partial charge is 0.493 e. The van der Waals surface area contributed by atoms with Crippen LogP contribution in [0.3, 0.4) is 0 Å². The normalized spacial score (nSPS) is 11.0. The number of nitrogens with zero attached hydrogens (tertiary/aromatic N) is 1. The average molecular weight is 221 g/mol. The first-order valence-electron chi connectivity index (χ1n) is 4.83. The maximum absolute atomic E-state index is 8.67. The van der Waals surface area contributed by atoms with Gasteiger partial charge in [-0.25, -0.2) is 0 Å². The predicted octanol–water partition coefficient (Wildman–Crippen LogP) is 2.46. The molecule has 0 aliphatic rings. The van der Waals surface area contributed by atoms with E-state index in [-0.39, 0.29) is 0 Å². The lowest BCUT2D eigenvalue weighted by Crippen LogP contribution is -1.99. The molecule has 4 heteroatoms. The molecule has 0 spiro atoms. The Bertz CT molecular complexity index is 399. The smallest absolute Gasteiger partial charge is 0.161 e. The molecule has 0 aromatic heterocycles. The van der Waals surface area contributed by atoms with E-state index < -0.39 is 0 Å². The average Bonchev–Trinajstić information content (AvgIpc) is 2.35. The molecule has 0 saturated heterocycles. The zero-order valence-corrected chi connectivity index (χ0v) is 9.43. The van der Waals surface area contributed by atoms with E-state index in [0.717, 1.165) is 5.56 Å². The number of methoxy groups -OCH3 is 1. The van der Waals surface area contributed by atoms with E-state index in [0.29, 0.717) is 23.8 Å².